The average Bonchev–Trinajstić information content (AvgIpc) is 3.17. The standard InChI is InChI=1S/C17H19N5OS/c1-12-6-4-5-7-14(12)22-16(8-9-19-22)20-17(23)21(3)10-15-13(2)18-11-24-15/h4-9,11H,10H2,1-3H3,(H,20,23). The molecule has 24 heavy (non-hydrogen) atoms. The maximum atomic E-state index is 12.5. The summed E-state index contributed by atoms with van der Waals surface area (Å²) in [5, 5.41) is 7.24. The Labute approximate surface area is 144 Å². The third-order valence-corrected chi connectivity index (χ3v) is 4.71. The predicted octanol–water partition coefficient (Wildman–Crippen LogP) is 3.61. The fourth-order valence-electron chi connectivity index (χ4n) is 2.36. The van der Waals surface area contributed by atoms with Gasteiger partial charge >= 0.3 is 6.03 Å². The van der Waals surface area contributed by atoms with Crippen molar-refractivity contribution >= 4 is 23.2 Å². The molecule has 0 aliphatic carbocycles. The Morgan fingerprint density at radius 2 is 2.08 bits per heavy atom. The fourth-order valence-corrected chi connectivity index (χ4v) is 3.19. The molecule has 0 unspecified atom stereocenters. The summed E-state index contributed by atoms with van der Waals surface area (Å²) >= 11 is 1.55. The summed E-state index contributed by atoms with van der Waals surface area (Å²) in [5.74, 6) is 0.641. The van der Waals surface area contributed by atoms with Crippen LogP contribution in [0.25, 0.3) is 5.69 Å². The first-order chi connectivity index (χ1) is 11.6. The van der Waals surface area contributed by atoms with Gasteiger partial charge in [-0.1, -0.05) is 18.2 Å². The number of rotatable bonds is 4. The van der Waals surface area contributed by atoms with E-state index >= 15 is 0 Å². The Hall–Kier alpha value is -2.67. The van der Waals surface area contributed by atoms with Crippen LogP contribution < -0.4 is 5.32 Å². The first-order valence-corrected chi connectivity index (χ1v) is 8.45. The molecule has 124 valence electrons. The monoisotopic (exact) mass is 341 g/mol. The predicted molar refractivity (Wildman–Crippen MR) is 95.6 cm³/mol. The number of hydrogen-bond acceptors (Lipinski definition) is 4. The van der Waals surface area contributed by atoms with Gasteiger partial charge in [0.15, 0.2) is 0 Å². The molecular weight excluding hydrogens is 322 g/mol. The van der Waals surface area contributed by atoms with E-state index in [-0.39, 0.29) is 6.03 Å². The molecule has 6 nitrogen and oxygen atoms in total. The molecule has 3 aromatic rings. The molecule has 0 radical (unpaired) electrons. The SMILES string of the molecule is Cc1ccccc1-n1nccc1NC(=O)N(C)Cc1scnc1C. The van der Waals surface area contributed by atoms with Gasteiger partial charge in [-0.25, -0.2) is 14.5 Å². The van der Waals surface area contributed by atoms with Crippen LogP contribution >= 0.6 is 11.3 Å². The molecule has 2 heterocycles. The lowest BCUT2D eigenvalue weighted by Crippen LogP contribution is -2.31. The van der Waals surface area contributed by atoms with E-state index in [0.717, 1.165) is 21.8 Å². The minimum atomic E-state index is -0.182. The van der Waals surface area contributed by atoms with Crippen LogP contribution in [0.3, 0.4) is 0 Å². The molecule has 0 aliphatic heterocycles. The van der Waals surface area contributed by atoms with Crippen LogP contribution in [0.5, 0.6) is 0 Å². The zero-order valence-corrected chi connectivity index (χ0v) is 14.7. The van der Waals surface area contributed by atoms with E-state index in [1.165, 1.54) is 0 Å². The highest BCUT2D eigenvalue weighted by Crippen LogP contribution is 2.19. The van der Waals surface area contributed by atoms with Gasteiger partial charge in [-0.3, -0.25) is 5.32 Å². The fraction of sp³-hybridized carbons (Fsp3) is 0.235. The van der Waals surface area contributed by atoms with Gasteiger partial charge in [0.1, 0.15) is 5.82 Å². The van der Waals surface area contributed by atoms with Crippen molar-refractivity contribution in [3.05, 3.63) is 58.2 Å². The lowest BCUT2D eigenvalue weighted by atomic mass is 10.2. The minimum Gasteiger partial charge on any atom is -0.322 e. The Kier molecular flexibility index (Phi) is 4.61. The van der Waals surface area contributed by atoms with E-state index in [4.69, 9.17) is 0 Å². The van der Waals surface area contributed by atoms with Crippen molar-refractivity contribution in [2.24, 2.45) is 0 Å². The van der Waals surface area contributed by atoms with Crippen molar-refractivity contribution in [3.8, 4) is 5.69 Å². The highest BCUT2D eigenvalue weighted by atomic mass is 32.1. The summed E-state index contributed by atoms with van der Waals surface area (Å²) in [6.07, 6.45) is 1.68. The summed E-state index contributed by atoms with van der Waals surface area (Å²) in [4.78, 5) is 19.4. The number of aromatic nitrogens is 3. The number of urea groups is 1. The number of hydrogen-bond donors (Lipinski definition) is 1. The molecule has 2 aromatic heterocycles. The molecule has 0 atom stereocenters. The highest BCUT2D eigenvalue weighted by Gasteiger charge is 2.15. The van der Waals surface area contributed by atoms with Crippen LogP contribution in [0, 0.1) is 13.8 Å². The van der Waals surface area contributed by atoms with Crippen LogP contribution in [0.15, 0.2) is 42.0 Å². The topological polar surface area (TPSA) is 63.1 Å². The third kappa shape index (κ3) is 3.30. The molecule has 1 N–H and O–H groups in total. The Bertz CT molecular complexity index is 854. The van der Waals surface area contributed by atoms with Gasteiger partial charge in [0.25, 0.3) is 0 Å². The number of nitrogens with zero attached hydrogens (tertiary/aromatic N) is 4. The second-order valence-corrected chi connectivity index (χ2v) is 6.50. The van der Waals surface area contributed by atoms with Crippen molar-refractivity contribution < 1.29 is 4.79 Å². The normalized spacial score (nSPS) is 10.6. The van der Waals surface area contributed by atoms with Gasteiger partial charge in [0.05, 0.1) is 29.6 Å². The summed E-state index contributed by atoms with van der Waals surface area (Å²) < 4.78 is 1.74. The molecule has 0 bridgehead atoms. The second kappa shape index (κ2) is 6.84. The quantitative estimate of drug-likeness (QED) is 0.788. The van der Waals surface area contributed by atoms with Gasteiger partial charge in [-0.15, -0.1) is 11.3 Å². The maximum absolute atomic E-state index is 12.5. The molecular formula is C17H19N5OS. The molecule has 0 saturated heterocycles. The molecule has 0 spiro atoms. The van der Waals surface area contributed by atoms with Gasteiger partial charge in [-0.2, -0.15) is 5.10 Å². The molecule has 7 heteroatoms. The number of aryl methyl sites for hydroxylation is 2. The van der Waals surface area contributed by atoms with Gasteiger partial charge in [-0.05, 0) is 25.5 Å². The lowest BCUT2D eigenvalue weighted by molar-refractivity contribution is 0.221. The van der Waals surface area contributed by atoms with E-state index < -0.39 is 0 Å². The minimum absolute atomic E-state index is 0.182. The first kappa shape index (κ1) is 16.2. The maximum Gasteiger partial charge on any atom is 0.323 e. The summed E-state index contributed by atoms with van der Waals surface area (Å²) in [6.45, 7) is 4.49. The second-order valence-electron chi connectivity index (χ2n) is 5.56. The largest absolute Gasteiger partial charge is 0.323 e. The van der Waals surface area contributed by atoms with Crippen molar-refractivity contribution in [2.75, 3.05) is 12.4 Å². The lowest BCUT2D eigenvalue weighted by Gasteiger charge is -2.18. The molecule has 0 fully saturated rings. The number of carbonyl (C=O) groups is 1. The van der Waals surface area contributed by atoms with E-state index in [1.807, 2.05) is 38.1 Å². The summed E-state index contributed by atoms with van der Waals surface area (Å²) in [5.41, 5.74) is 4.79. The Balaban J connectivity index is 1.75. The first-order valence-electron chi connectivity index (χ1n) is 7.57. The van der Waals surface area contributed by atoms with Gasteiger partial charge in [0.2, 0.25) is 0 Å². The van der Waals surface area contributed by atoms with E-state index in [9.17, 15) is 4.79 Å². The molecule has 2 amide bonds. The van der Waals surface area contributed by atoms with Crippen LogP contribution in [0.1, 0.15) is 16.1 Å². The number of amides is 2. The number of nitrogens with one attached hydrogen (secondary N) is 1. The van der Waals surface area contributed by atoms with Crippen LogP contribution in [-0.2, 0) is 6.54 Å². The smallest absolute Gasteiger partial charge is 0.322 e. The molecule has 0 aliphatic rings. The zero-order chi connectivity index (χ0) is 17.1. The van der Waals surface area contributed by atoms with Crippen molar-refractivity contribution in [2.45, 2.75) is 20.4 Å². The third-order valence-electron chi connectivity index (χ3n) is 3.79. The Morgan fingerprint density at radius 3 is 2.79 bits per heavy atom. The molecule has 1 aromatic carbocycles. The van der Waals surface area contributed by atoms with E-state index in [2.05, 4.69) is 15.4 Å². The number of thiazole rings is 1. The highest BCUT2D eigenvalue weighted by molar-refractivity contribution is 7.09. The van der Waals surface area contributed by atoms with Crippen molar-refractivity contribution in [1.82, 2.24) is 19.7 Å². The van der Waals surface area contributed by atoms with Crippen LogP contribution in [0.2, 0.25) is 0 Å². The van der Waals surface area contributed by atoms with Crippen LogP contribution in [-0.4, -0.2) is 32.7 Å². The summed E-state index contributed by atoms with van der Waals surface area (Å²) in [7, 11) is 1.77. The number of anilines is 1. The van der Waals surface area contributed by atoms with E-state index in [0.29, 0.717) is 12.4 Å². The van der Waals surface area contributed by atoms with Gasteiger partial charge in [0, 0.05) is 18.0 Å². The molecule has 3 rings (SSSR count). The van der Waals surface area contributed by atoms with Crippen LogP contribution in [0.4, 0.5) is 10.6 Å². The molecule has 0 saturated carbocycles. The van der Waals surface area contributed by atoms with E-state index in [1.54, 1.807) is 45.7 Å². The average molecular weight is 341 g/mol. The van der Waals surface area contributed by atoms with Crippen molar-refractivity contribution in [3.63, 3.8) is 0 Å². The van der Waals surface area contributed by atoms with Gasteiger partial charge < -0.3 is 4.90 Å². The number of para-hydroxylation sites is 1. The summed E-state index contributed by atoms with van der Waals surface area (Å²) in [6, 6.07) is 9.53. The van der Waals surface area contributed by atoms with Crippen molar-refractivity contribution in [1.29, 1.82) is 0 Å². The number of benzene rings is 1. The Morgan fingerprint density at radius 1 is 1.29 bits per heavy atom. The number of carbonyl (C=O) groups excluding carboxylic acids is 1. The zero-order valence-electron chi connectivity index (χ0n) is 13.9.